The summed E-state index contributed by atoms with van der Waals surface area (Å²) < 4.78 is 20.3. The van der Waals surface area contributed by atoms with E-state index in [1.54, 1.807) is 0 Å². The van der Waals surface area contributed by atoms with Gasteiger partial charge < -0.3 is 18.9 Å². The molecule has 2 rings (SSSR count). The van der Waals surface area contributed by atoms with Gasteiger partial charge in [0, 0.05) is 13.0 Å². The third kappa shape index (κ3) is 6.53. The van der Waals surface area contributed by atoms with E-state index in [0.717, 1.165) is 18.9 Å². The van der Waals surface area contributed by atoms with Gasteiger partial charge in [-0.25, -0.2) is 4.79 Å². The number of epoxide rings is 1. The van der Waals surface area contributed by atoms with Gasteiger partial charge in [-0.2, -0.15) is 0 Å². The van der Waals surface area contributed by atoms with Crippen molar-refractivity contribution in [3.8, 4) is 0 Å². The van der Waals surface area contributed by atoms with Crippen molar-refractivity contribution in [2.45, 2.75) is 70.0 Å². The largest absolute Gasteiger partial charge is 0.510 e. The highest BCUT2D eigenvalue weighted by atomic mass is 16.8. The first kappa shape index (κ1) is 17.5. The maximum absolute atomic E-state index is 11.1. The zero-order valence-corrected chi connectivity index (χ0v) is 13.8. The summed E-state index contributed by atoms with van der Waals surface area (Å²) in [5.74, 6) is 0.159. The number of ether oxygens (including phenoxy) is 4. The first-order chi connectivity index (χ1) is 10.7. The van der Waals surface area contributed by atoms with Gasteiger partial charge in [0.15, 0.2) is 0 Å². The average Bonchev–Trinajstić information content (AvgIpc) is 3.31. The van der Waals surface area contributed by atoms with Crippen LogP contribution in [0.1, 0.15) is 64.2 Å². The van der Waals surface area contributed by atoms with E-state index in [2.05, 4.69) is 4.74 Å². The van der Waals surface area contributed by atoms with Crippen molar-refractivity contribution < 1.29 is 23.7 Å². The Morgan fingerprint density at radius 1 is 1.14 bits per heavy atom. The first-order valence-electron chi connectivity index (χ1n) is 8.73. The number of carbonyl (C=O) groups is 1. The van der Waals surface area contributed by atoms with Gasteiger partial charge in [-0.15, -0.1) is 0 Å². The van der Waals surface area contributed by atoms with Gasteiger partial charge >= 0.3 is 6.16 Å². The van der Waals surface area contributed by atoms with Crippen LogP contribution in [0, 0.1) is 5.92 Å². The molecule has 2 fully saturated rings. The summed E-state index contributed by atoms with van der Waals surface area (Å²) in [6.07, 6.45) is 12.1. The van der Waals surface area contributed by atoms with Crippen molar-refractivity contribution in [2.75, 3.05) is 26.9 Å². The molecule has 0 aromatic rings. The fourth-order valence-corrected chi connectivity index (χ4v) is 3.15. The van der Waals surface area contributed by atoms with E-state index in [0.29, 0.717) is 19.6 Å². The fourth-order valence-electron chi connectivity index (χ4n) is 3.15. The Balaban J connectivity index is 1.43. The van der Waals surface area contributed by atoms with Crippen LogP contribution in [-0.4, -0.2) is 38.9 Å². The second-order valence-corrected chi connectivity index (χ2v) is 6.47. The van der Waals surface area contributed by atoms with Gasteiger partial charge in [0.2, 0.25) is 5.79 Å². The molecule has 1 saturated carbocycles. The van der Waals surface area contributed by atoms with E-state index in [1.807, 2.05) is 0 Å². The van der Waals surface area contributed by atoms with Crippen molar-refractivity contribution in [3.05, 3.63) is 0 Å². The predicted octanol–water partition coefficient (Wildman–Crippen LogP) is 4.04. The van der Waals surface area contributed by atoms with E-state index in [-0.39, 0.29) is 0 Å². The molecule has 1 unspecified atom stereocenters. The summed E-state index contributed by atoms with van der Waals surface area (Å²) in [7, 11) is 1.29. The van der Waals surface area contributed by atoms with Gasteiger partial charge in [0.25, 0.3) is 0 Å². The molecule has 5 heteroatoms. The van der Waals surface area contributed by atoms with Crippen LogP contribution in [-0.2, 0) is 18.9 Å². The van der Waals surface area contributed by atoms with Crippen LogP contribution < -0.4 is 0 Å². The molecule has 22 heavy (non-hydrogen) atoms. The number of methoxy groups -OCH3 is 1. The standard InChI is InChI=1S/C17H30O5/c1-19-16(18)22-17(14-21-17)11-13-20-12-7-6-10-15-8-4-2-3-5-9-15/h15H,2-14H2,1H3. The van der Waals surface area contributed by atoms with Crippen LogP contribution in [0.3, 0.4) is 0 Å². The Hall–Kier alpha value is -0.810. The van der Waals surface area contributed by atoms with Crippen molar-refractivity contribution in [2.24, 2.45) is 5.92 Å². The number of hydrogen-bond donors (Lipinski definition) is 0. The molecule has 1 aliphatic carbocycles. The van der Waals surface area contributed by atoms with Crippen molar-refractivity contribution in [1.82, 2.24) is 0 Å². The Bertz CT molecular complexity index is 319. The van der Waals surface area contributed by atoms with Gasteiger partial charge in [-0.05, 0) is 12.3 Å². The molecule has 0 amide bonds. The van der Waals surface area contributed by atoms with Crippen molar-refractivity contribution >= 4 is 6.16 Å². The zero-order chi connectivity index (χ0) is 15.7. The van der Waals surface area contributed by atoms with E-state index in [9.17, 15) is 4.79 Å². The van der Waals surface area contributed by atoms with Gasteiger partial charge in [0.05, 0.1) is 13.7 Å². The molecule has 2 aliphatic rings. The molecule has 0 N–H and O–H groups in total. The predicted molar refractivity (Wildman–Crippen MR) is 82.7 cm³/mol. The lowest BCUT2D eigenvalue weighted by Crippen LogP contribution is -2.23. The highest BCUT2D eigenvalue weighted by Crippen LogP contribution is 2.32. The average molecular weight is 314 g/mol. The molecule has 0 radical (unpaired) electrons. The van der Waals surface area contributed by atoms with Crippen LogP contribution in [0.4, 0.5) is 4.79 Å². The third-order valence-corrected chi connectivity index (χ3v) is 4.66. The van der Waals surface area contributed by atoms with E-state index >= 15 is 0 Å². The van der Waals surface area contributed by atoms with Crippen molar-refractivity contribution in [1.29, 1.82) is 0 Å². The topological polar surface area (TPSA) is 57.3 Å². The monoisotopic (exact) mass is 314 g/mol. The Kier molecular flexibility index (Phi) is 7.46. The third-order valence-electron chi connectivity index (χ3n) is 4.66. The van der Waals surface area contributed by atoms with E-state index < -0.39 is 11.9 Å². The summed E-state index contributed by atoms with van der Waals surface area (Å²) in [5.41, 5.74) is 0. The van der Waals surface area contributed by atoms with Crippen LogP contribution >= 0.6 is 0 Å². The molecule has 0 spiro atoms. The lowest BCUT2D eigenvalue weighted by atomic mass is 9.94. The van der Waals surface area contributed by atoms with E-state index in [1.165, 1.54) is 58.5 Å². The van der Waals surface area contributed by atoms with Crippen molar-refractivity contribution in [3.63, 3.8) is 0 Å². The molecule has 0 aromatic carbocycles. The minimum atomic E-state index is -0.784. The Morgan fingerprint density at radius 3 is 2.50 bits per heavy atom. The van der Waals surface area contributed by atoms with Crippen LogP contribution in [0.25, 0.3) is 0 Å². The van der Waals surface area contributed by atoms with Gasteiger partial charge in [0.1, 0.15) is 6.61 Å². The SMILES string of the molecule is COC(=O)OC1(CCOCCCCC2CCCCCC2)CO1. The molecule has 5 nitrogen and oxygen atoms in total. The van der Waals surface area contributed by atoms with Gasteiger partial charge in [-0.3, -0.25) is 0 Å². The smallest absolute Gasteiger partial charge is 0.438 e. The molecule has 1 saturated heterocycles. The molecule has 1 heterocycles. The maximum atomic E-state index is 11.1. The normalized spacial score (nSPS) is 25.5. The molecule has 0 aromatic heterocycles. The van der Waals surface area contributed by atoms with Crippen LogP contribution in [0.15, 0.2) is 0 Å². The highest BCUT2D eigenvalue weighted by Gasteiger charge is 2.49. The number of hydrogen-bond acceptors (Lipinski definition) is 5. The summed E-state index contributed by atoms with van der Waals surface area (Å²) >= 11 is 0. The number of unbranched alkanes of at least 4 members (excludes halogenated alkanes) is 1. The molecule has 1 atom stereocenters. The summed E-state index contributed by atoms with van der Waals surface area (Å²) in [6, 6.07) is 0. The Labute approximate surface area is 133 Å². The van der Waals surface area contributed by atoms with E-state index in [4.69, 9.17) is 14.2 Å². The minimum Gasteiger partial charge on any atom is -0.438 e. The lowest BCUT2D eigenvalue weighted by Gasteiger charge is -2.14. The minimum absolute atomic E-state index is 0.438. The molecule has 0 bridgehead atoms. The second kappa shape index (κ2) is 9.36. The molecule has 128 valence electrons. The fraction of sp³-hybridized carbons (Fsp3) is 0.941. The highest BCUT2D eigenvalue weighted by molar-refractivity contribution is 5.60. The quantitative estimate of drug-likeness (QED) is 0.278. The molecular formula is C17H30O5. The van der Waals surface area contributed by atoms with Gasteiger partial charge in [-0.1, -0.05) is 51.4 Å². The number of carbonyl (C=O) groups excluding carboxylic acids is 1. The lowest BCUT2D eigenvalue weighted by molar-refractivity contribution is -0.0444. The first-order valence-corrected chi connectivity index (χ1v) is 8.73. The molecule has 1 aliphatic heterocycles. The summed E-state index contributed by atoms with van der Waals surface area (Å²) in [6.45, 7) is 1.77. The maximum Gasteiger partial charge on any atom is 0.510 e. The molecular weight excluding hydrogens is 284 g/mol. The van der Waals surface area contributed by atoms with Crippen LogP contribution in [0.2, 0.25) is 0 Å². The summed E-state index contributed by atoms with van der Waals surface area (Å²) in [5, 5.41) is 0. The Morgan fingerprint density at radius 2 is 1.86 bits per heavy atom. The number of rotatable bonds is 9. The summed E-state index contributed by atoms with van der Waals surface area (Å²) in [4.78, 5) is 11.1. The van der Waals surface area contributed by atoms with Crippen LogP contribution in [0.5, 0.6) is 0 Å². The second-order valence-electron chi connectivity index (χ2n) is 6.47. The zero-order valence-electron chi connectivity index (χ0n) is 13.8.